The lowest BCUT2D eigenvalue weighted by Crippen LogP contribution is -2.11. The van der Waals surface area contributed by atoms with Gasteiger partial charge in [-0.3, -0.25) is 0 Å². The summed E-state index contributed by atoms with van der Waals surface area (Å²) in [7, 11) is 0. The van der Waals surface area contributed by atoms with Gasteiger partial charge in [-0.2, -0.15) is 0 Å². The standard InChI is InChI=1S/C12H15NO4/c1-3-4-15-12(14)9-10(13)7(2)5-8-11(9)17-6-16-8/h5H,3-4,6,13H2,1-2H3. The maximum Gasteiger partial charge on any atom is 0.344 e. The van der Waals surface area contributed by atoms with Crippen LogP contribution < -0.4 is 15.2 Å². The van der Waals surface area contributed by atoms with Crippen LogP contribution in [0.5, 0.6) is 11.5 Å². The molecule has 0 radical (unpaired) electrons. The third-order valence-corrected chi connectivity index (χ3v) is 2.55. The first-order valence-corrected chi connectivity index (χ1v) is 5.51. The first kappa shape index (κ1) is 11.6. The molecule has 1 aromatic rings. The molecule has 0 saturated heterocycles. The Balaban J connectivity index is 2.41. The van der Waals surface area contributed by atoms with Crippen LogP contribution >= 0.6 is 0 Å². The lowest BCUT2D eigenvalue weighted by Gasteiger charge is -2.11. The number of ether oxygens (including phenoxy) is 3. The maximum absolute atomic E-state index is 11.9. The molecule has 0 saturated carbocycles. The molecular weight excluding hydrogens is 222 g/mol. The molecule has 1 aliphatic rings. The second-order valence-electron chi connectivity index (χ2n) is 3.85. The molecule has 1 aliphatic heterocycles. The normalized spacial score (nSPS) is 12.6. The van der Waals surface area contributed by atoms with Crippen molar-refractivity contribution in [1.82, 2.24) is 0 Å². The highest BCUT2D eigenvalue weighted by Crippen LogP contribution is 2.41. The summed E-state index contributed by atoms with van der Waals surface area (Å²) in [6, 6.07) is 1.76. The topological polar surface area (TPSA) is 70.8 Å². The number of carbonyl (C=O) groups excluding carboxylic acids is 1. The average Bonchev–Trinajstić information content (AvgIpc) is 2.74. The molecule has 17 heavy (non-hydrogen) atoms. The van der Waals surface area contributed by atoms with E-state index in [2.05, 4.69) is 0 Å². The number of hydrogen-bond acceptors (Lipinski definition) is 5. The molecule has 2 N–H and O–H groups in total. The van der Waals surface area contributed by atoms with E-state index >= 15 is 0 Å². The van der Waals surface area contributed by atoms with Crippen LogP contribution in [0.4, 0.5) is 5.69 Å². The summed E-state index contributed by atoms with van der Waals surface area (Å²) in [5.41, 5.74) is 7.32. The smallest absolute Gasteiger partial charge is 0.344 e. The van der Waals surface area contributed by atoms with Crippen molar-refractivity contribution in [3.05, 3.63) is 17.2 Å². The highest BCUT2D eigenvalue weighted by molar-refractivity contribution is 6.00. The first-order chi connectivity index (χ1) is 8.15. The van der Waals surface area contributed by atoms with E-state index in [1.807, 2.05) is 13.8 Å². The number of rotatable bonds is 3. The van der Waals surface area contributed by atoms with Crippen LogP contribution in [-0.4, -0.2) is 19.4 Å². The number of esters is 1. The summed E-state index contributed by atoms with van der Waals surface area (Å²) < 4.78 is 15.6. The van der Waals surface area contributed by atoms with E-state index in [4.69, 9.17) is 19.9 Å². The van der Waals surface area contributed by atoms with Crippen molar-refractivity contribution in [3.8, 4) is 11.5 Å². The zero-order chi connectivity index (χ0) is 12.4. The van der Waals surface area contributed by atoms with Gasteiger partial charge < -0.3 is 19.9 Å². The fraction of sp³-hybridized carbons (Fsp3) is 0.417. The number of fused-ring (bicyclic) bond motifs is 1. The maximum atomic E-state index is 11.9. The quantitative estimate of drug-likeness (QED) is 0.642. The lowest BCUT2D eigenvalue weighted by atomic mass is 10.1. The monoisotopic (exact) mass is 237 g/mol. The number of hydrogen-bond donors (Lipinski definition) is 1. The van der Waals surface area contributed by atoms with Crippen molar-refractivity contribution in [2.75, 3.05) is 19.1 Å². The molecule has 1 heterocycles. The summed E-state index contributed by atoms with van der Waals surface area (Å²) in [5.74, 6) is 0.462. The van der Waals surface area contributed by atoms with Crippen LogP contribution in [0.15, 0.2) is 6.07 Å². The van der Waals surface area contributed by atoms with Gasteiger partial charge in [-0.05, 0) is 25.0 Å². The minimum Gasteiger partial charge on any atom is -0.462 e. The van der Waals surface area contributed by atoms with Crippen LogP contribution in [0, 0.1) is 6.92 Å². The molecule has 5 nitrogen and oxygen atoms in total. The van der Waals surface area contributed by atoms with Gasteiger partial charge >= 0.3 is 5.97 Å². The Morgan fingerprint density at radius 2 is 2.29 bits per heavy atom. The Labute approximate surface area is 99.5 Å². The molecule has 0 aromatic heterocycles. The van der Waals surface area contributed by atoms with Gasteiger partial charge in [0.05, 0.1) is 12.3 Å². The molecule has 0 bridgehead atoms. The number of carbonyl (C=O) groups is 1. The lowest BCUT2D eigenvalue weighted by molar-refractivity contribution is 0.0502. The van der Waals surface area contributed by atoms with Gasteiger partial charge in [-0.25, -0.2) is 4.79 Å². The van der Waals surface area contributed by atoms with Gasteiger partial charge in [0, 0.05) is 0 Å². The van der Waals surface area contributed by atoms with Crippen LogP contribution in [0.3, 0.4) is 0 Å². The Bertz CT molecular complexity index is 456. The predicted molar refractivity (Wildman–Crippen MR) is 62.3 cm³/mol. The Morgan fingerprint density at radius 3 is 3.00 bits per heavy atom. The van der Waals surface area contributed by atoms with Crippen molar-refractivity contribution in [2.45, 2.75) is 20.3 Å². The summed E-state index contributed by atoms with van der Waals surface area (Å²) in [6.45, 7) is 4.21. The minimum absolute atomic E-state index is 0.103. The molecule has 0 unspecified atom stereocenters. The molecule has 5 heteroatoms. The number of anilines is 1. The fourth-order valence-electron chi connectivity index (χ4n) is 1.65. The van der Waals surface area contributed by atoms with Crippen LogP contribution in [-0.2, 0) is 4.74 Å². The summed E-state index contributed by atoms with van der Waals surface area (Å²) >= 11 is 0. The van der Waals surface area contributed by atoms with E-state index in [0.717, 1.165) is 12.0 Å². The first-order valence-electron chi connectivity index (χ1n) is 5.51. The molecule has 0 fully saturated rings. The number of benzene rings is 1. The number of nitrogens with two attached hydrogens (primary N) is 1. The van der Waals surface area contributed by atoms with E-state index in [-0.39, 0.29) is 12.4 Å². The van der Waals surface area contributed by atoms with E-state index < -0.39 is 5.97 Å². The highest BCUT2D eigenvalue weighted by atomic mass is 16.7. The predicted octanol–water partition coefficient (Wildman–Crippen LogP) is 1.87. The Kier molecular flexibility index (Phi) is 3.08. The molecular formula is C12H15NO4. The minimum atomic E-state index is -0.463. The largest absolute Gasteiger partial charge is 0.462 e. The van der Waals surface area contributed by atoms with Crippen LogP contribution in [0.2, 0.25) is 0 Å². The van der Waals surface area contributed by atoms with E-state index in [1.165, 1.54) is 0 Å². The van der Waals surface area contributed by atoms with Crippen molar-refractivity contribution in [2.24, 2.45) is 0 Å². The Morgan fingerprint density at radius 1 is 1.53 bits per heavy atom. The fourth-order valence-corrected chi connectivity index (χ4v) is 1.65. The zero-order valence-electron chi connectivity index (χ0n) is 9.91. The van der Waals surface area contributed by atoms with E-state index in [1.54, 1.807) is 6.07 Å². The third kappa shape index (κ3) is 2.00. The molecule has 1 aromatic carbocycles. The molecule has 92 valence electrons. The van der Waals surface area contributed by atoms with Gasteiger partial charge in [0.2, 0.25) is 6.79 Å². The number of nitrogen functional groups attached to an aromatic ring is 1. The van der Waals surface area contributed by atoms with Crippen molar-refractivity contribution in [3.63, 3.8) is 0 Å². The molecule has 0 amide bonds. The number of aryl methyl sites for hydroxylation is 1. The average molecular weight is 237 g/mol. The molecule has 0 atom stereocenters. The van der Waals surface area contributed by atoms with E-state index in [9.17, 15) is 4.79 Å². The highest BCUT2D eigenvalue weighted by Gasteiger charge is 2.27. The van der Waals surface area contributed by atoms with Gasteiger partial charge in [-0.1, -0.05) is 6.92 Å². The SMILES string of the molecule is CCCOC(=O)c1c(N)c(C)cc2c1OCO2. The van der Waals surface area contributed by atoms with Crippen LogP contribution in [0.25, 0.3) is 0 Å². The second kappa shape index (κ2) is 4.53. The van der Waals surface area contributed by atoms with Gasteiger partial charge in [-0.15, -0.1) is 0 Å². The molecule has 0 aliphatic carbocycles. The van der Waals surface area contributed by atoms with Gasteiger partial charge in [0.15, 0.2) is 11.5 Å². The Hall–Kier alpha value is -1.91. The summed E-state index contributed by atoms with van der Waals surface area (Å²) in [5, 5.41) is 0. The molecule has 2 rings (SSSR count). The van der Waals surface area contributed by atoms with Crippen molar-refractivity contribution < 1.29 is 19.0 Å². The van der Waals surface area contributed by atoms with Crippen molar-refractivity contribution >= 4 is 11.7 Å². The van der Waals surface area contributed by atoms with Gasteiger partial charge in [0.25, 0.3) is 0 Å². The zero-order valence-corrected chi connectivity index (χ0v) is 9.91. The third-order valence-electron chi connectivity index (χ3n) is 2.55. The summed E-state index contributed by atoms with van der Waals surface area (Å²) in [4.78, 5) is 11.9. The van der Waals surface area contributed by atoms with Crippen LogP contribution in [0.1, 0.15) is 29.3 Å². The second-order valence-corrected chi connectivity index (χ2v) is 3.85. The molecule has 0 spiro atoms. The summed E-state index contributed by atoms with van der Waals surface area (Å²) in [6.07, 6.45) is 0.761. The van der Waals surface area contributed by atoms with Crippen molar-refractivity contribution in [1.29, 1.82) is 0 Å². The van der Waals surface area contributed by atoms with E-state index in [0.29, 0.717) is 23.8 Å². The van der Waals surface area contributed by atoms with Gasteiger partial charge in [0.1, 0.15) is 5.56 Å².